The summed E-state index contributed by atoms with van der Waals surface area (Å²) in [5.41, 5.74) is 12.8. The van der Waals surface area contributed by atoms with Gasteiger partial charge in [-0.1, -0.05) is 18.2 Å². The van der Waals surface area contributed by atoms with Crippen molar-refractivity contribution in [2.75, 3.05) is 24.7 Å². The minimum Gasteiger partial charge on any atom is -0.384 e. The molecule has 6 nitrogen and oxygen atoms in total. The van der Waals surface area contributed by atoms with E-state index in [1.54, 1.807) is 29.2 Å². The van der Waals surface area contributed by atoms with Crippen molar-refractivity contribution >= 4 is 17.7 Å². The number of nitrogens with two attached hydrogens (primary N) is 2. The zero-order valence-electron chi connectivity index (χ0n) is 10.8. The first-order valence-electron chi connectivity index (χ1n) is 5.70. The third-order valence-corrected chi connectivity index (χ3v) is 2.60. The van der Waals surface area contributed by atoms with Crippen molar-refractivity contribution < 1.29 is 4.79 Å². The molecule has 6 heteroatoms. The minimum absolute atomic E-state index is 0.341. The SMILES string of the molecule is CN(C)c1nc(N)cc(-c2ccccc2C(N)=O)n1. The lowest BCUT2D eigenvalue weighted by Crippen LogP contribution is -2.15. The molecule has 2 rings (SSSR count). The molecule has 98 valence electrons. The fraction of sp³-hybridized carbons (Fsp3) is 0.154. The largest absolute Gasteiger partial charge is 0.384 e. The number of aromatic nitrogens is 2. The molecular weight excluding hydrogens is 242 g/mol. The van der Waals surface area contributed by atoms with E-state index in [0.717, 1.165) is 0 Å². The normalized spacial score (nSPS) is 10.2. The molecule has 0 atom stereocenters. The Labute approximate surface area is 111 Å². The molecule has 19 heavy (non-hydrogen) atoms. The highest BCUT2D eigenvalue weighted by Crippen LogP contribution is 2.24. The summed E-state index contributed by atoms with van der Waals surface area (Å²) in [6.07, 6.45) is 0. The molecule has 1 amide bonds. The van der Waals surface area contributed by atoms with Crippen LogP contribution in [-0.2, 0) is 0 Å². The van der Waals surface area contributed by atoms with Gasteiger partial charge in [0.2, 0.25) is 11.9 Å². The van der Waals surface area contributed by atoms with Gasteiger partial charge < -0.3 is 16.4 Å². The highest BCUT2D eigenvalue weighted by Gasteiger charge is 2.12. The molecule has 0 fully saturated rings. The Hall–Kier alpha value is -2.63. The molecule has 0 spiro atoms. The van der Waals surface area contributed by atoms with Crippen LogP contribution in [0.3, 0.4) is 0 Å². The molecular formula is C13H15N5O. The average molecular weight is 257 g/mol. The first kappa shape index (κ1) is 12.8. The summed E-state index contributed by atoms with van der Waals surface area (Å²) in [5.74, 6) is 0.321. The van der Waals surface area contributed by atoms with Crippen molar-refractivity contribution in [1.29, 1.82) is 0 Å². The summed E-state index contributed by atoms with van der Waals surface area (Å²) < 4.78 is 0. The van der Waals surface area contributed by atoms with E-state index in [1.165, 1.54) is 0 Å². The number of carbonyl (C=O) groups is 1. The Morgan fingerprint density at radius 1 is 1.21 bits per heavy atom. The van der Waals surface area contributed by atoms with Gasteiger partial charge in [0, 0.05) is 31.3 Å². The Balaban J connectivity index is 2.62. The van der Waals surface area contributed by atoms with Crippen molar-refractivity contribution in [2.24, 2.45) is 5.73 Å². The van der Waals surface area contributed by atoms with E-state index < -0.39 is 5.91 Å². The summed E-state index contributed by atoms with van der Waals surface area (Å²) >= 11 is 0. The predicted molar refractivity (Wildman–Crippen MR) is 74.7 cm³/mol. The van der Waals surface area contributed by atoms with Crippen LogP contribution in [0.25, 0.3) is 11.3 Å². The number of benzene rings is 1. The van der Waals surface area contributed by atoms with E-state index in [9.17, 15) is 4.79 Å². The molecule has 0 saturated heterocycles. The van der Waals surface area contributed by atoms with Crippen LogP contribution >= 0.6 is 0 Å². The number of rotatable bonds is 3. The Morgan fingerprint density at radius 3 is 2.53 bits per heavy atom. The van der Waals surface area contributed by atoms with Crippen molar-refractivity contribution in [2.45, 2.75) is 0 Å². The zero-order chi connectivity index (χ0) is 14.0. The highest BCUT2D eigenvalue weighted by molar-refractivity contribution is 5.99. The third-order valence-electron chi connectivity index (χ3n) is 2.60. The van der Waals surface area contributed by atoms with E-state index in [0.29, 0.717) is 28.6 Å². The van der Waals surface area contributed by atoms with Gasteiger partial charge in [0.15, 0.2) is 0 Å². The van der Waals surface area contributed by atoms with Gasteiger partial charge in [-0.2, -0.15) is 4.98 Å². The van der Waals surface area contributed by atoms with Gasteiger partial charge in [-0.3, -0.25) is 4.79 Å². The number of anilines is 2. The van der Waals surface area contributed by atoms with Crippen LogP contribution in [0.4, 0.5) is 11.8 Å². The van der Waals surface area contributed by atoms with Crippen LogP contribution < -0.4 is 16.4 Å². The molecule has 0 aliphatic rings. The van der Waals surface area contributed by atoms with Gasteiger partial charge in [-0.25, -0.2) is 4.98 Å². The van der Waals surface area contributed by atoms with Crippen LogP contribution in [0.1, 0.15) is 10.4 Å². The Morgan fingerprint density at radius 2 is 1.89 bits per heavy atom. The van der Waals surface area contributed by atoms with Gasteiger partial charge >= 0.3 is 0 Å². The molecule has 1 heterocycles. The number of nitrogens with zero attached hydrogens (tertiary/aromatic N) is 3. The quantitative estimate of drug-likeness (QED) is 0.850. The topological polar surface area (TPSA) is 98.1 Å². The Kier molecular flexibility index (Phi) is 3.33. The van der Waals surface area contributed by atoms with E-state index in [2.05, 4.69) is 9.97 Å². The maximum Gasteiger partial charge on any atom is 0.249 e. The summed E-state index contributed by atoms with van der Waals surface area (Å²) in [6, 6.07) is 8.62. The van der Waals surface area contributed by atoms with Crippen molar-refractivity contribution in [3.05, 3.63) is 35.9 Å². The van der Waals surface area contributed by atoms with Crippen LogP contribution in [0.5, 0.6) is 0 Å². The van der Waals surface area contributed by atoms with Gasteiger partial charge in [-0.05, 0) is 6.07 Å². The maximum absolute atomic E-state index is 11.4. The molecule has 4 N–H and O–H groups in total. The summed E-state index contributed by atoms with van der Waals surface area (Å²) in [6.45, 7) is 0. The van der Waals surface area contributed by atoms with Crippen molar-refractivity contribution in [1.82, 2.24) is 9.97 Å². The lowest BCUT2D eigenvalue weighted by molar-refractivity contribution is 0.100. The number of hydrogen-bond donors (Lipinski definition) is 2. The molecule has 2 aromatic rings. The molecule has 1 aromatic heterocycles. The number of hydrogen-bond acceptors (Lipinski definition) is 5. The second kappa shape index (κ2) is 4.93. The highest BCUT2D eigenvalue weighted by atomic mass is 16.1. The second-order valence-electron chi connectivity index (χ2n) is 4.28. The fourth-order valence-electron chi connectivity index (χ4n) is 1.71. The van der Waals surface area contributed by atoms with E-state index in [4.69, 9.17) is 11.5 Å². The van der Waals surface area contributed by atoms with Crippen LogP contribution in [0.2, 0.25) is 0 Å². The molecule has 0 saturated carbocycles. The lowest BCUT2D eigenvalue weighted by atomic mass is 10.0. The molecule has 0 unspecified atom stereocenters. The number of primary amides is 1. The number of amides is 1. The number of nitrogen functional groups attached to an aromatic ring is 1. The summed E-state index contributed by atoms with van der Waals surface area (Å²) in [5, 5.41) is 0. The second-order valence-corrected chi connectivity index (χ2v) is 4.28. The van der Waals surface area contributed by atoms with E-state index in [-0.39, 0.29) is 0 Å². The molecule has 1 aromatic carbocycles. The zero-order valence-corrected chi connectivity index (χ0v) is 10.8. The van der Waals surface area contributed by atoms with Crippen molar-refractivity contribution in [3.8, 4) is 11.3 Å². The van der Waals surface area contributed by atoms with E-state index >= 15 is 0 Å². The Bertz CT molecular complexity index is 624. The van der Waals surface area contributed by atoms with Gasteiger partial charge in [-0.15, -0.1) is 0 Å². The minimum atomic E-state index is -0.501. The average Bonchev–Trinajstić information content (AvgIpc) is 2.37. The standard InChI is InChI=1S/C13H15N5O/c1-18(2)13-16-10(7-11(14)17-13)8-5-3-4-6-9(8)12(15)19/h3-7H,1-2H3,(H2,15,19)(H2,14,16,17). The fourth-order valence-corrected chi connectivity index (χ4v) is 1.71. The van der Waals surface area contributed by atoms with Gasteiger partial charge in [0.1, 0.15) is 5.82 Å². The van der Waals surface area contributed by atoms with Crippen LogP contribution in [0.15, 0.2) is 30.3 Å². The summed E-state index contributed by atoms with van der Waals surface area (Å²) in [7, 11) is 3.64. The molecule has 0 bridgehead atoms. The smallest absolute Gasteiger partial charge is 0.249 e. The molecule has 0 aliphatic heterocycles. The van der Waals surface area contributed by atoms with Gasteiger partial charge in [0.05, 0.1) is 5.69 Å². The van der Waals surface area contributed by atoms with E-state index in [1.807, 2.05) is 20.2 Å². The number of carbonyl (C=O) groups excluding carboxylic acids is 1. The predicted octanol–water partition coefficient (Wildman–Crippen LogP) is 0.891. The first-order valence-corrected chi connectivity index (χ1v) is 5.70. The summed E-state index contributed by atoms with van der Waals surface area (Å²) in [4.78, 5) is 21.7. The lowest BCUT2D eigenvalue weighted by Gasteiger charge is -2.13. The maximum atomic E-state index is 11.4. The molecule has 0 radical (unpaired) electrons. The monoisotopic (exact) mass is 257 g/mol. The third kappa shape index (κ3) is 2.62. The molecule has 0 aliphatic carbocycles. The van der Waals surface area contributed by atoms with Crippen molar-refractivity contribution in [3.63, 3.8) is 0 Å². The first-order chi connectivity index (χ1) is 8.99. The van der Waals surface area contributed by atoms with Gasteiger partial charge in [0.25, 0.3) is 0 Å². The van der Waals surface area contributed by atoms with Crippen LogP contribution in [0, 0.1) is 0 Å². The van der Waals surface area contributed by atoms with Crippen LogP contribution in [-0.4, -0.2) is 30.0 Å².